The summed E-state index contributed by atoms with van der Waals surface area (Å²) in [4.78, 5) is 8.86. The lowest BCUT2D eigenvalue weighted by atomic mass is 10.1. The predicted octanol–water partition coefficient (Wildman–Crippen LogP) is 0.435. The van der Waals surface area contributed by atoms with Crippen LogP contribution in [0.4, 0.5) is 0 Å². The molecule has 15 heavy (non-hydrogen) atoms. The Kier molecular flexibility index (Phi) is 3.28. The number of aryl methyl sites for hydroxylation is 1. The first kappa shape index (κ1) is 10.5. The zero-order chi connectivity index (χ0) is 10.7. The van der Waals surface area contributed by atoms with E-state index in [4.69, 9.17) is 9.84 Å². The van der Waals surface area contributed by atoms with Crippen LogP contribution in [0, 0.1) is 6.92 Å². The molecule has 4 nitrogen and oxygen atoms in total. The average Bonchev–Trinajstić information content (AvgIpc) is 2.43. The van der Waals surface area contributed by atoms with Crippen LogP contribution in [-0.4, -0.2) is 34.9 Å². The van der Waals surface area contributed by atoms with E-state index in [-0.39, 0.29) is 6.61 Å². The number of fused-ring (bicyclic) bond motifs is 1. The SMILES string of the molecule is Cc1nc(CCO)nc2c1CCOCC2. The lowest BCUT2D eigenvalue weighted by Crippen LogP contribution is -2.09. The van der Waals surface area contributed by atoms with Gasteiger partial charge in [0.2, 0.25) is 0 Å². The Morgan fingerprint density at radius 1 is 1.27 bits per heavy atom. The minimum Gasteiger partial charge on any atom is -0.396 e. The number of aliphatic hydroxyl groups excluding tert-OH is 1. The van der Waals surface area contributed by atoms with E-state index in [0.29, 0.717) is 6.42 Å². The van der Waals surface area contributed by atoms with E-state index in [1.165, 1.54) is 5.56 Å². The van der Waals surface area contributed by atoms with Gasteiger partial charge >= 0.3 is 0 Å². The fourth-order valence-electron chi connectivity index (χ4n) is 1.91. The second-order valence-corrected chi connectivity index (χ2v) is 3.74. The first-order valence-corrected chi connectivity index (χ1v) is 5.35. The molecule has 0 bridgehead atoms. The molecule has 0 spiro atoms. The smallest absolute Gasteiger partial charge is 0.131 e. The fourth-order valence-corrected chi connectivity index (χ4v) is 1.91. The first-order chi connectivity index (χ1) is 7.31. The van der Waals surface area contributed by atoms with Crippen LogP contribution >= 0.6 is 0 Å². The van der Waals surface area contributed by atoms with Crippen LogP contribution in [0.2, 0.25) is 0 Å². The van der Waals surface area contributed by atoms with Crippen LogP contribution < -0.4 is 0 Å². The lowest BCUT2D eigenvalue weighted by Gasteiger charge is -2.09. The van der Waals surface area contributed by atoms with Gasteiger partial charge in [0.25, 0.3) is 0 Å². The molecular weight excluding hydrogens is 192 g/mol. The van der Waals surface area contributed by atoms with Crippen molar-refractivity contribution in [1.82, 2.24) is 9.97 Å². The topological polar surface area (TPSA) is 55.2 Å². The molecule has 0 fully saturated rings. The maximum absolute atomic E-state index is 8.87. The van der Waals surface area contributed by atoms with E-state index in [1.807, 2.05) is 6.92 Å². The van der Waals surface area contributed by atoms with Crippen molar-refractivity contribution in [2.75, 3.05) is 19.8 Å². The monoisotopic (exact) mass is 208 g/mol. The van der Waals surface area contributed by atoms with Gasteiger partial charge in [0, 0.05) is 24.2 Å². The summed E-state index contributed by atoms with van der Waals surface area (Å²) in [5.74, 6) is 0.746. The number of ether oxygens (including phenoxy) is 1. The van der Waals surface area contributed by atoms with Crippen molar-refractivity contribution in [3.63, 3.8) is 0 Å². The minimum absolute atomic E-state index is 0.106. The van der Waals surface area contributed by atoms with E-state index >= 15 is 0 Å². The van der Waals surface area contributed by atoms with Gasteiger partial charge in [-0.3, -0.25) is 0 Å². The number of hydrogen-bond acceptors (Lipinski definition) is 4. The number of aromatic nitrogens is 2. The standard InChI is InChI=1S/C11H16N2O2/c1-8-9-3-6-15-7-4-10(9)13-11(12-8)2-5-14/h14H,2-7H2,1H3. The maximum Gasteiger partial charge on any atom is 0.131 e. The third kappa shape index (κ3) is 2.33. The third-order valence-corrected chi connectivity index (χ3v) is 2.66. The Labute approximate surface area is 89.3 Å². The van der Waals surface area contributed by atoms with Gasteiger partial charge in [0.05, 0.1) is 19.8 Å². The number of nitrogens with zero attached hydrogens (tertiary/aromatic N) is 2. The molecule has 82 valence electrons. The summed E-state index contributed by atoms with van der Waals surface area (Å²) in [6, 6.07) is 0. The van der Waals surface area contributed by atoms with Crippen molar-refractivity contribution in [2.24, 2.45) is 0 Å². The van der Waals surface area contributed by atoms with E-state index in [0.717, 1.165) is 43.3 Å². The number of rotatable bonds is 2. The summed E-state index contributed by atoms with van der Waals surface area (Å²) in [5.41, 5.74) is 3.37. The van der Waals surface area contributed by atoms with Gasteiger partial charge in [0.1, 0.15) is 5.82 Å². The highest BCUT2D eigenvalue weighted by Crippen LogP contribution is 2.15. The number of hydrogen-bond donors (Lipinski definition) is 1. The highest BCUT2D eigenvalue weighted by Gasteiger charge is 2.14. The molecule has 1 aliphatic heterocycles. The zero-order valence-electron chi connectivity index (χ0n) is 8.99. The highest BCUT2D eigenvalue weighted by molar-refractivity contribution is 5.26. The Bertz CT molecular complexity index is 353. The van der Waals surface area contributed by atoms with Crippen molar-refractivity contribution in [1.29, 1.82) is 0 Å². The van der Waals surface area contributed by atoms with Crippen LogP contribution in [-0.2, 0) is 24.0 Å². The second kappa shape index (κ2) is 4.68. The molecular formula is C11H16N2O2. The molecule has 1 aromatic rings. The summed E-state index contributed by atoms with van der Waals surface area (Å²) >= 11 is 0. The molecule has 1 N–H and O–H groups in total. The lowest BCUT2D eigenvalue weighted by molar-refractivity contribution is 0.146. The van der Waals surface area contributed by atoms with Gasteiger partial charge in [-0.05, 0) is 18.9 Å². The van der Waals surface area contributed by atoms with Crippen LogP contribution in [0.5, 0.6) is 0 Å². The zero-order valence-corrected chi connectivity index (χ0v) is 8.99. The van der Waals surface area contributed by atoms with E-state index in [9.17, 15) is 0 Å². The Balaban J connectivity index is 2.35. The largest absolute Gasteiger partial charge is 0.396 e. The van der Waals surface area contributed by atoms with Gasteiger partial charge in [-0.15, -0.1) is 0 Å². The molecule has 0 saturated carbocycles. The first-order valence-electron chi connectivity index (χ1n) is 5.35. The van der Waals surface area contributed by atoms with Gasteiger partial charge < -0.3 is 9.84 Å². The maximum atomic E-state index is 8.87. The summed E-state index contributed by atoms with van der Waals surface area (Å²) in [5, 5.41) is 8.87. The molecule has 0 amide bonds. The Morgan fingerprint density at radius 3 is 2.87 bits per heavy atom. The van der Waals surface area contributed by atoms with Gasteiger partial charge in [-0.1, -0.05) is 0 Å². The molecule has 0 aromatic carbocycles. The van der Waals surface area contributed by atoms with Gasteiger partial charge in [-0.25, -0.2) is 9.97 Å². The molecule has 0 radical (unpaired) electrons. The van der Waals surface area contributed by atoms with Gasteiger partial charge in [0.15, 0.2) is 0 Å². The Morgan fingerprint density at radius 2 is 2.07 bits per heavy atom. The van der Waals surface area contributed by atoms with Gasteiger partial charge in [-0.2, -0.15) is 0 Å². The van der Waals surface area contributed by atoms with Crippen LogP contribution in [0.25, 0.3) is 0 Å². The van der Waals surface area contributed by atoms with Crippen molar-refractivity contribution in [3.8, 4) is 0 Å². The van der Waals surface area contributed by atoms with Crippen molar-refractivity contribution < 1.29 is 9.84 Å². The van der Waals surface area contributed by atoms with Crippen molar-refractivity contribution >= 4 is 0 Å². The molecule has 0 unspecified atom stereocenters. The van der Waals surface area contributed by atoms with Crippen LogP contribution in [0.3, 0.4) is 0 Å². The van der Waals surface area contributed by atoms with E-state index in [1.54, 1.807) is 0 Å². The minimum atomic E-state index is 0.106. The normalized spacial score (nSPS) is 15.9. The van der Waals surface area contributed by atoms with Crippen molar-refractivity contribution in [3.05, 3.63) is 22.8 Å². The summed E-state index contributed by atoms with van der Waals surface area (Å²) in [6.07, 6.45) is 2.30. The van der Waals surface area contributed by atoms with E-state index in [2.05, 4.69) is 9.97 Å². The molecule has 1 aromatic heterocycles. The molecule has 0 atom stereocenters. The summed E-state index contributed by atoms with van der Waals surface area (Å²) in [7, 11) is 0. The van der Waals surface area contributed by atoms with E-state index < -0.39 is 0 Å². The third-order valence-electron chi connectivity index (χ3n) is 2.66. The summed E-state index contributed by atoms with van der Waals surface area (Å²) in [6.45, 7) is 3.61. The van der Waals surface area contributed by atoms with Crippen molar-refractivity contribution in [2.45, 2.75) is 26.2 Å². The number of aliphatic hydroxyl groups is 1. The fraction of sp³-hybridized carbons (Fsp3) is 0.636. The molecule has 2 heterocycles. The molecule has 1 aliphatic rings. The molecule has 0 aliphatic carbocycles. The molecule has 4 heteroatoms. The van der Waals surface area contributed by atoms with Crippen LogP contribution in [0.15, 0.2) is 0 Å². The quantitative estimate of drug-likeness (QED) is 0.766. The predicted molar refractivity (Wildman–Crippen MR) is 55.8 cm³/mol. The second-order valence-electron chi connectivity index (χ2n) is 3.74. The molecule has 2 rings (SSSR count). The molecule has 0 saturated heterocycles. The Hall–Kier alpha value is -1.00. The highest BCUT2D eigenvalue weighted by atomic mass is 16.5. The average molecular weight is 208 g/mol. The summed E-state index contributed by atoms with van der Waals surface area (Å²) < 4.78 is 5.41. The van der Waals surface area contributed by atoms with Crippen LogP contribution in [0.1, 0.15) is 22.8 Å².